The van der Waals surface area contributed by atoms with E-state index >= 15 is 0 Å². The quantitative estimate of drug-likeness (QED) is 0.637. The summed E-state index contributed by atoms with van der Waals surface area (Å²) < 4.78 is 16.3. The minimum Gasteiger partial charge on any atom is -0.497 e. The number of methoxy groups -OCH3 is 1. The van der Waals surface area contributed by atoms with Gasteiger partial charge in [-0.3, -0.25) is 9.59 Å². The van der Waals surface area contributed by atoms with Gasteiger partial charge in [0.05, 0.1) is 23.6 Å². The monoisotopic (exact) mass is 368 g/mol. The molecule has 0 radical (unpaired) electrons. The average molecular weight is 369 g/mol. The lowest BCUT2D eigenvalue weighted by Gasteiger charge is -2.19. The number of fused-ring (bicyclic) bond motifs is 2. The van der Waals surface area contributed by atoms with Gasteiger partial charge in [0.2, 0.25) is 0 Å². The van der Waals surface area contributed by atoms with Crippen molar-refractivity contribution < 1.29 is 18.7 Å². The van der Waals surface area contributed by atoms with E-state index in [1.54, 1.807) is 43.5 Å². The van der Waals surface area contributed by atoms with Gasteiger partial charge in [-0.2, -0.15) is 0 Å². The first-order valence-electron chi connectivity index (χ1n) is 7.84. The Hall–Kier alpha value is -3.05. The molecule has 4 rings (SSSR count). The molecule has 0 spiro atoms. The molecule has 0 amide bonds. The number of hydrogen-bond donors (Lipinski definition) is 0. The van der Waals surface area contributed by atoms with Crippen molar-refractivity contribution in [2.45, 2.75) is 0 Å². The van der Waals surface area contributed by atoms with Crippen molar-refractivity contribution in [1.29, 1.82) is 0 Å². The molecule has 0 fully saturated rings. The van der Waals surface area contributed by atoms with Crippen LogP contribution in [0.3, 0.4) is 0 Å². The second kappa shape index (κ2) is 6.35. The Balaban J connectivity index is 1.77. The summed E-state index contributed by atoms with van der Waals surface area (Å²) in [5, 5.41) is 0.802. The molecule has 2 aromatic carbocycles. The number of Topliss-reactive ketones (excluding diaryl/α,β-unsaturated/α-hetero) is 1. The van der Waals surface area contributed by atoms with Gasteiger partial charge in [0.15, 0.2) is 11.2 Å². The molecule has 5 nitrogen and oxygen atoms in total. The van der Waals surface area contributed by atoms with E-state index in [2.05, 4.69) is 0 Å². The Labute approximate surface area is 153 Å². The lowest BCUT2D eigenvalue weighted by atomic mass is 9.98. The van der Waals surface area contributed by atoms with E-state index < -0.39 is 0 Å². The van der Waals surface area contributed by atoms with Gasteiger partial charge in [-0.05, 0) is 36.4 Å². The number of ether oxygens (including phenoxy) is 2. The Morgan fingerprint density at radius 2 is 2.00 bits per heavy atom. The number of carbonyl (C=O) groups excluding carboxylic acids is 1. The van der Waals surface area contributed by atoms with Crippen molar-refractivity contribution in [2.24, 2.45) is 0 Å². The van der Waals surface area contributed by atoms with Crippen LogP contribution in [-0.2, 0) is 0 Å². The van der Waals surface area contributed by atoms with E-state index in [0.717, 1.165) is 0 Å². The zero-order chi connectivity index (χ0) is 18.3. The number of benzene rings is 2. The first kappa shape index (κ1) is 16.4. The molecule has 3 aromatic rings. The van der Waals surface area contributed by atoms with Crippen LogP contribution < -0.4 is 14.9 Å². The van der Waals surface area contributed by atoms with Crippen molar-refractivity contribution in [3.63, 3.8) is 0 Å². The average Bonchev–Trinajstić information content (AvgIpc) is 2.66. The minimum atomic E-state index is -0.255. The summed E-state index contributed by atoms with van der Waals surface area (Å²) in [6, 6.07) is 9.83. The molecule has 0 unspecified atom stereocenters. The van der Waals surface area contributed by atoms with Crippen LogP contribution in [0, 0.1) is 0 Å². The minimum absolute atomic E-state index is 0.0615. The SMILES string of the molecule is COc1ccc2c(c1)OC/C(=C\c1coc3ccc(Cl)cc3c1=O)C2=O. The lowest BCUT2D eigenvalue weighted by molar-refractivity contribution is 0.100. The lowest BCUT2D eigenvalue weighted by Crippen LogP contribution is -2.19. The molecule has 2 heterocycles. The van der Waals surface area contributed by atoms with Gasteiger partial charge in [-0.15, -0.1) is 0 Å². The fraction of sp³-hybridized carbons (Fsp3) is 0.100. The van der Waals surface area contributed by atoms with E-state index in [4.69, 9.17) is 25.5 Å². The molecule has 0 saturated carbocycles. The van der Waals surface area contributed by atoms with Crippen molar-refractivity contribution in [3.05, 3.63) is 74.6 Å². The van der Waals surface area contributed by atoms with Crippen LogP contribution in [0.5, 0.6) is 11.5 Å². The number of carbonyl (C=O) groups is 1. The summed E-state index contributed by atoms with van der Waals surface area (Å²) in [5.41, 5.74) is 1.25. The van der Waals surface area contributed by atoms with Crippen molar-refractivity contribution in [3.8, 4) is 11.5 Å². The first-order chi connectivity index (χ1) is 12.6. The van der Waals surface area contributed by atoms with Gasteiger partial charge in [0.25, 0.3) is 0 Å². The van der Waals surface area contributed by atoms with Gasteiger partial charge >= 0.3 is 0 Å². The highest BCUT2D eigenvalue weighted by molar-refractivity contribution is 6.31. The second-order valence-corrected chi connectivity index (χ2v) is 6.25. The summed E-state index contributed by atoms with van der Waals surface area (Å²) in [6.07, 6.45) is 2.84. The third-order valence-electron chi connectivity index (χ3n) is 4.20. The van der Waals surface area contributed by atoms with Crippen LogP contribution in [0.1, 0.15) is 15.9 Å². The summed E-state index contributed by atoms with van der Waals surface area (Å²) in [4.78, 5) is 25.4. The molecule has 1 aromatic heterocycles. The number of halogens is 1. The molecule has 0 bridgehead atoms. The molecule has 0 N–H and O–H groups in total. The van der Waals surface area contributed by atoms with Gasteiger partial charge < -0.3 is 13.9 Å². The van der Waals surface area contributed by atoms with Crippen LogP contribution in [0.4, 0.5) is 0 Å². The van der Waals surface area contributed by atoms with E-state index in [1.165, 1.54) is 12.3 Å². The zero-order valence-corrected chi connectivity index (χ0v) is 14.5. The predicted molar refractivity (Wildman–Crippen MR) is 98.3 cm³/mol. The highest BCUT2D eigenvalue weighted by atomic mass is 35.5. The predicted octanol–water partition coefficient (Wildman–Crippen LogP) is 4.11. The molecular formula is C20H13ClO5. The Morgan fingerprint density at radius 3 is 2.81 bits per heavy atom. The van der Waals surface area contributed by atoms with Crippen LogP contribution >= 0.6 is 11.6 Å². The van der Waals surface area contributed by atoms with Crippen LogP contribution in [0.15, 0.2) is 57.4 Å². The fourth-order valence-corrected chi connectivity index (χ4v) is 3.02. The first-order valence-corrected chi connectivity index (χ1v) is 8.22. The van der Waals surface area contributed by atoms with Gasteiger partial charge in [0, 0.05) is 16.7 Å². The van der Waals surface area contributed by atoms with E-state index in [0.29, 0.717) is 38.6 Å². The molecular weight excluding hydrogens is 356 g/mol. The second-order valence-electron chi connectivity index (χ2n) is 5.81. The molecule has 26 heavy (non-hydrogen) atoms. The Bertz CT molecular complexity index is 1130. The van der Waals surface area contributed by atoms with E-state index in [9.17, 15) is 9.59 Å². The normalized spacial score (nSPS) is 15.0. The molecule has 1 aliphatic rings. The van der Waals surface area contributed by atoms with Crippen molar-refractivity contribution in [1.82, 2.24) is 0 Å². The maximum atomic E-state index is 12.7. The smallest absolute Gasteiger partial charge is 0.199 e. The highest BCUT2D eigenvalue weighted by Gasteiger charge is 2.24. The molecule has 130 valence electrons. The molecule has 0 aliphatic carbocycles. The molecule has 6 heteroatoms. The topological polar surface area (TPSA) is 65.7 Å². The van der Waals surface area contributed by atoms with E-state index in [-0.39, 0.29) is 23.4 Å². The van der Waals surface area contributed by atoms with Gasteiger partial charge in [-0.1, -0.05) is 11.6 Å². The van der Waals surface area contributed by atoms with Crippen molar-refractivity contribution >= 4 is 34.4 Å². The van der Waals surface area contributed by atoms with Crippen LogP contribution in [0.25, 0.3) is 17.0 Å². The number of ketones is 1. The summed E-state index contributed by atoms with van der Waals surface area (Å²) in [5.74, 6) is 0.874. The Kier molecular flexibility index (Phi) is 4.01. The third-order valence-corrected chi connectivity index (χ3v) is 4.43. The number of hydrogen-bond acceptors (Lipinski definition) is 5. The maximum Gasteiger partial charge on any atom is 0.199 e. The third kappa shape index (κ3) is 2.76. The maximum absolute atomic E-state index is 12.7. The molecule has 0 saturated heterocycles. The summed E-state index contributed by atoms with van der Waals surface area (Å²) in [6.45, 7) is 0.0615. The highest BCUT2D eigenvalue weighted by Crippen LogP contribution is 2.31. The largest absolute Gasteiger partial charge is 0.497 e. The van der Waals surface area contributed by atoms with Crippen LogP contribution in [-0.4, -0.2) is 19.5 Å². The van der Waals surface area contributed by atoms with Gasteiger partial charge in [-0.25, -0.2) is 0 Å². The summed E-state index contributed by atoms with van der Waals surface area (Å²) in [7, 11) is 1.54. The van der Waals surface area contributed by atoms with E-state index in [1.807, 2.05) is 0 Å². The zero-order valence-electron chi connectivity index (χ0n) is 13.7. The standard InChI is InChI=1S/C20H13ClO5/c1-24-14-3-4-15-18(8-14)26-10-11(19(15)22)6-12-9-25-17-5-2-13(21)7-16(17)20(12)23/h2-9H,10H2,1H3/b11-6+. The number of rotatable bonds is 2. The fourth-order valence-electron chi connectivity index (χ4n) is 2.84. The summed E-state index contributed by atoms with van der Waals surface area (Å²) >= 11 is 5.96. The van der Waals surface area contributed by atoms with Gasteiger partial charge in [0.1, 0.15) is 30.0 Å². The molecule has 1 aliphatic heterocycles. The van der Waals surface area contributed by atoms with Crippen molar-refractivity contribution in [2.75, 3.05) is 13.7 Å². The molecule has 0 atom stereocenters. The Morgan fingerprint density at radius 1 is 1.15 bits per heavy atom. The van der Waals surface area contributed by atoms with Crippen LogP contribution in [0.2, 0.25) is 5.02 Å².